The fourth-order valence-electron chi connectivity index (χ4n) is 3.72. The number of ether oxygens (including phenoxy) is 2. The third-order valence-electron chi connectivity index (χ3n) is 5.48. The Balaban J connectivity index is 1.74. The number of nitrogen functional groups attached to an aromatic ring is 1. The summed E-state index contributed by atoms with van der Waals surface area (Å²) < 4.78 is 63.3. The first-order valence-electron chi connectivity index (χ1n) is 10.3. The summed E-state index contributed by atoms with van der Waals surface area (Å²) in [5, 5.41) is 0. The second kappa shape index (κ2) is 9.31. The van der Waals surface area contributed by atoms with Gasteiger partial charge in [0.1, 0.15) is 5.82 Å². The third-order valence-corrected chi connectivity index (χ3v) is 5.48. The van der Waals surface area contributed by atoms with Gasteiger partial charge in [-0.2, -0.15) is 13.8 Å². The average molecular weight is 456 g/mol. The molecule has 2 aromatic rings. The highest BCUT2D eigenvalue weighted by Crippen LogP contribution is 2.32. The molecule has 8 nitrogen and oxygen atoms in total. The molecule has 0 aromatic carbocycles. The summed E-state index contributed by atoms with van der Waals surface area (Å²) in [6.45, 7) is 0.258. The maximum absolute atomic E-state index is 13.8. The normalized spacial score (nSPS) is 23.8. The Morgan fingerprint density at radius 3 is 2.59 bits per heavy atom. The molecule has 0 aliphatic carbocycles. The molecule has 2 aliphatic rings. The van der Waals surface area contributed by atoms with Crippen LogP contribution in [0.15, 0.2) is 18.3 Å². The van der Waals surface area contributed by atoms with Crippen LogP contribution in [0.4, 0.5) is 35.1 Å². The van der Waals surface area contributed by atoms with Crippen molar-refractivity contribution in [2.24, 2.45) is 0 Å². The zero-order valence-corrected chi connectivity index (χ0v) is 17.4. The zero-order valence-electron chi connectivity index (χ0n) is 17.4. The van der Waals surface area contributed by atoms with Gasteiger partial charge in [0.05, 0.1) is 31.5 Å². The van der Waals surface area contributed by atoms with E-state index in [0.717, 1.165) is 6.42 Å². The number of hydrogen-bond donors (Lipinski definition) is 1. The lowest BCUT2D eigenvalue weighted by molar-refractivity contribution is -0.0494. The monoisotopic (exact) mass is 456 g/mol. The SMILES string of the molecule is CC[C@H]1CN(c2cc(-c3cnc(N)c(OC(F)F)c3)nc(N3C[C@@H](F)[C@@H](F)C3)n2)CCO1. The first-order valence-corrected chi connectivity index (χ1v) is 10.3. The molecule has 2 N–H and O–H groups in total. The van der Waals surface area contributed by atoms with E-state index in [2.05, 4.69) is 19.7 Å². The van der Waals surface area contributed by atoms with Crippen LogP contribution in [-0.2, 0) is 4.74 Å². The minimum absolute atomic E-state index is 0.0204. The summed E-state index contributed by atoms with van der Waals surface area (Å²) in [5.41, 5.74) is 6.33. The predicted molar refractivity (Wildman–Crippen MR) is 111 cm³/mol. The van der Waals surface area contributed by atoms with E-state index in [1.54, 1.807) is 6.07 Å². The third kappa shape index (κ3) is 4.79. The number of halogens is 4. The van der Waals surface area contributed by atoms with Crippen LogP contribution in [0, 0.1) is 0 Å². The standard InChI is InChI=1S/C20H24F4N6O2/c1-2-12-8-29(3-4-31-12)17-6-15(11-5-16(32-19(23)24)18(25)26-7-11)27-20(28-17)30-9-13(21)14(22)10-30/h5-7,12-14,19H,2-4,8-10H2,1H3,(H2,25,26)/t12-,13-,14+/m0/s1. The van der Waals surface area contributed by atoms with Gasteiger partial charge in [-0.05, 0) is 12.5 Å². The van der Waals surface area contributed by atoms with Gasteiger partial charge in [-0.25, -0.2) is 18.7 Å². The first-order chi connectivity index (χ1) is 15.3. The zero-order chi connectivity index (χ0) is 22.8. The lowest BCUT2D eigenvalue weighted by atomic mass is 10.1. The molecule has 0 saturated carbocycles. The van der Waals surface area contributed by atoms with Gasteiger partial charge >= 0.3 is 6.61 Å². The molecule has 4 heterocycles. The summed E-state index contributed by atoms with van der Waals surface area (Å²) in [4.78, 5) is 16.3. The van der Waals surface area contributed by atoms with Crippen LogP contribution in [-0.4, -0.2) is 72.8 Å². The number of aromatic nitrogens is 3. The average Bonchev–Trinajstić information content (AvgIpc) is 3.13. The maximum Gasteiger partial charge on any atom is 0.387 e. The molecule has 2 aliphatic heterocycles. The molecule has 0 bridgehead atoms. The lowest BCUT2D eigenvalue weighted by Crippen LogP contribution is -2.42. The number of nitrogens with two attached hydrogens (primary N) is 1. The van der Waals surface area contributed by atoms with Crippen molar-refractivity contribution in [3.63, 3.8) is 0 Å². The fourth-order valence-corrected chi connectivity index (χ4v) is 3.72. The first kappa shape index (κ1) is 22.3. The van der Waals surface area contributed by atoms with Crippen molar-refractivity contribution in [3.05, 3.63) is 18.3 Å². The van der Waals surface area contributed by atoms with Gasteiger partial charge in [-0.15, -0.1) is 0 Å². The van der Waals surface area contributed by atoms with Gasteiger partial charge in [0.25, 0.3) is 0 Å². The summed E-state index contributed by atoms with van der Waals surface area (Å²) in [6, 6.07) is 2.98. The lowest BCUT2D eigenvalue weighted by Gasteiger charge is -2.34. The van der Waals surface area contributed by atoms with E-state index in [1.165, 1.54) is 17.2 Å². The van der Waals surface area contributed by atoms with E-state index < -0.39 is 19.0 Å². The van der Waals surface area contributed by atoms with Crippen LogP contribution in [0.1, 0.15) is 13.3 Å². The van der Waals surface area contributed by atoms with Crippen LogP contribution in [0.25, 0.3) is 11.3 Å². The Kier molecular flexibility index (Phi) is 6.49. The molecule has 174 valence electrons. The van der Waals surface area contributed by atoms with Crippen LogP contribution < -0.4 is 20.3 Å². The van der Waals surface area contributed by atoms with Gasteiger partial charge < -0.3 is 25.0 Å². The largest absolute Gasteiger partial charge is 0.431 e. The van der Waals surface area contributed by atoms with E-state index in [1.807, 2.05) is 11.8 Å². The van der Waals surface area contributed by atoms with Gasteiger partial charge in [-0.3, -0.25) is 0 Å². The number of pyridine rings is 1. The molecule has 0 unspecified atom stereocenters. The molecular weight excluding hydrogens is 432 g/mol. The highest BCUT2D eigenvalue weighted by atomic mass is 19.3. The van der Waals surface area contributed by atoms with Crippen LogP contribution in [0.5, 0.6) is 5.75 Å². The number of hydrogen-bond acceptors (Lipinski definition) is 8. The predicted octanol–water partition coefficient (Wildman–Crippen LogP) is 2.83. The Morgan fingerprint density at radius 2 is 1.91 bits per heavy atom. The fraction of sp³-hybridized carbons (Fsp3) is 0.550. The number of morpholine rings is 1. The van der Waals surface area contributed by atoms with E-state index in [9.17, 15) is 17.6 Å². The highest BCUT2D eigenvalue weighted by molar-refractivity contribution is 5.68. The molecule has 2 saturated heterocycles. The van der Waals surface area contributed by atoms with Crippen LogP contribution >= 0.6 is 0 Å². The summed E-state index contributed by atoms with van der Waals surface area (Å²) in [7, 11) is 0. The van der Waals surface area contributed by atoms with Crippen molar-refractivity contribution in [1.82, 2.24) is 15.0 Å². The molecule has 3 atom stereocenters. The molecule has 4 rings (SSSR count). The van der Waals surface area contributed by atoms with Crippen molar-refractivity contribution >= 4 is 17.6 Å². The second-order valence-electron chi connectivity index (χ2n) is 7.68. The summed E-state index contributed by atoms with van der Waals surface area (Å²) >= 11 is 0. The van der Waals surface area contributed by atoms with Crippen molar-refractivity contribution in [1.29, 1.82) is 0 Å². The highest BCUT2D eigenvalue weighted by Gasteiger charge is 2.35. The number of rotatable bonds is 6. The molecule has 0 spiro atoms. The minimum atomic E-state index is -3.07. The minimum Gasteiger partial charge on any atom is -0.431 e. The van der Waals surface area contributed by atoms with Crippen LogP contribution in [0.2, 0.25) is 0 Å². The van der Waals surface area contributed by atoms with Gasteiger partial charge in [0, 0.05) is 30.9 Å². The Hall–Kier alpha value is -2.89. The van der Waals surface area contributed by atoms with E-state index in [0.29, 0.717) is 36.8 Å². The molecule has 32 heavy (non-hydrogen) atoms. The molecule has 2 aromatic heterocycles. The Labute approximate surface area is 182 Å². The van der Waals surface area contributed by atoms with Gasteiger partial charge in [0.2, 0.25) is 5.95 Å². The van der Waals surface area contributed by atoms with Crippen molar-refractivity contribution < 1.29 is 27.0 Å². The van der Waals surface area contributed by atoms with E-state index in [-0.39, 0.29) is 36.7 Å². The molecular formula is C20H24F4N6O2. The second-order valence-corrected chi connectivity index (χ2v) is 7.68. The quantitative estimate of drug-likeness (QED) is 0.664. The van der Waals surface area contributed by atoms with Crippen molar-refractivity contribution in [2.75, 3.05) is 48.3 Å². The Morgan fingerprint density at radius 1 is 1.16 bits per heavy atom. The van der Waals surface area contributed by atoms with Gasteiger partial charge in [-0.1, -0.05) is 6.92 Å². The summed E-state index contributed by atoms with van der Waals surface area (Å²) in [5.74, 6) is 0.207. The maximum atomic E-state index is 13.8. The van der Waals surface area contributed by atoms with Crippen molar-refractivity contribution in [3.8, 4) is 17.0 Å². The van der Waals surface area contributed by atoms with Gasteiger partial charge in [0.15, 0.2) is 23.9 Å². The smallest absolute Gasteiger partial charge is 0.387 e. The topological polar surface area (TPSA) is 89.6 Å². The van der Waals surface area contributed by atoms with E-state index in [4.69, 9.17) is 10.5 Å². The number of alkyl halides is 4. The van der Waals surface area contributed by atoms with Crippen molar-refractivity contribution in [2.45, 2.75) is 38.4 Å². The summed E-state index contributed by atoms with van der Waals surface area (Å²) in [6.07, 6.45) is -1.06. The molecule has 12 heteroatoms. The molecule has 0 radical (unpaired) electrons. The number of nitrogens with zero attached hydrogens (tertiary/aromatic N) is 5. The molecule has 0 amide bonds. The number of anilines is 3. The molecule has 2 fully saturated rings. The van der Waals surface area contributed by atoms with Crippen LogP contribution in [0.3, 0.4) is 0 Å². The van der Waals surface area contributed by atoms with E-state index >= 15 is 0 Å². The Bertz CT molecular complexity index is 942.